The Hall–Kier alpha value is 0. The zero-order valence-corrected chi connectivity index (χ0v) is 6.85. The van der Waals surface area contributed by atoms with Crippen LogP contribution in [0.1, 0.15) is 40.0 Å². The van der Waals surface area contributed by atoms with E-state index in [2.05, 4.69) is 20.8 Å². The summed E-state index contributed by atoms with van der Waals surface area (Å²) < 4.78 is 0. The highest BCUT2D eigenvalue weighted by molar-refractivity contribution is 4.76. The molecule has 1 saturated carbocycles. The van der Waals surface area contributed by atoms with Gasteiger partial charge in [0.25, 0.3) is 0 Å². The molecule has 0 nitrogen and oxygen atoms in total. The van der Waals surface area contributed by atoms with Gasteiger partial charge in [-0.3, -0.25) is 0 Å². The van der Waals surface area contributed by atoms with E-state index in [-0.39, 0.29) is 0 Å². The molecule has 1 fully saturated rings. The van der Waals surface area contributed by atoms with Crippen LogP contribution in [0.2, 0.25) is 0 Å². The normalized spacial score (nSPS) is 34.7. The first-order valence-corrected chi connectivity index (χ1v) is 4.18. The number of rotatable bonds is 2. The summed E-state index contributed by atoms with van der Waals surface area (Å²) in [6, 6.07) is 0. The van der Waals surface area contributed by atoms with E-state index in [0.29, 0.717) is 0 Å². The van der Waals surface area contributed by atoms with Gasteiger partial charge in [-0.2, -0.15) is 0 Å². The van der Waals surface area contributed by atoms with E-state index >= 15 is 0 Å². The van der Waals surface area contributed by atoms with Crippen molar-refractivity contribution >= 4 is 0 Å². The number of hydrogen-bond donors (Lipinski definition) is 0. The quantitative estimate of drug-likeness (QED) is 0.533. The second-order valence-corrected chi connectivity index (χ2v) is 4.07. The third kappa shape index (κ3) is 2.00. The van der Waals surface area contributed by atoms with Gasteiger partial charge in [0.15, 0.2) is 0 Å². The van der Waals surface area contributed by atoms with Crippen molar-refractivity contribution in [2.24, 2.45) is 17.8 Å². The first kappa shape index (κ1) is 7.11. The van der Waals surface area contributed by atoms with Gasteiger partial charge in [-0.1, -0.05) is 20.8 Å². The second-order valence-electron chi connectivity index (χ2n) is 4.07. The Morgan fingerprint density at radius 3 is 2.22 bits per heavy atom. The summed E-state index contributed by atoms with van der Waals surface area (Å²) in [7, 11) is 0. The first-order valence-electron chi connectivity index (χ1n) is 4.18. The summed E-state index contributed by atoms with van der Waals surface area (Å²) >= 11 is 0. The van der Waals surface area contributed by atoms with Crippen molar-refractivity contribution < 1.29 is 0 Å². The van der Waals surface area contributed by atoms with Crippen LogP contribution < -0.4 is 0 Å². The van der Waals surface area contributed by atoms with E-state index in [0.717, 1.165) is 17.8 Å². The van der Waals surface area contributed by atoms with Crippen LogP contribution in [0.15, 0.2) is 0 Å². The molecule has 0 saturated heterocycles. The monoisotopic (exact) mass is 126 g/mol. The van der Waals surface area contributed by atoms with Crippen LogP contribution in [0, 0.1) is 17.8 Å². The molecule has 0 N–H and O–H groups in total. The van der Waals surface area contributed by atoms with Gasteiger partial charge in [-0.05, 0) is 37.0 Å². The largest absolute Gasteiger partial charge is 0.0628 e. The molecule has 0 heterocycles. The Labute approximate surface area is 58.7 Å². The van der Waals surface area contributed by atoms with E-state index in [9.17, 15) is 0 Å². The average Bonchev–Trinajstić information content (AvgIpc) is 1.60. The molecule has 0 radical (unpaired) electrons. The van der Waals surface area contributed by atoms with Crippen LogP contribution in [0.25, 0.3) is 0 Å². The van der Waals surface area contributed by atoms with E-state index in [1.54, 1.807) is 0 Å². The van der Waals surface area contributed by atoms with Crippen LogP contribution in [-0.2, 0) is 0 Å². The van der Waals surface area contributed by atoms with E-state index < -0.39 is 0 Å². The first-order chi connectivity index (χ1) is 4.18. The van der Waals surface area contributed by atoms with Gasteiger partial charge in [0.2, 0.25) is 0 Å². The lowest BCUT2D eigenvalue weighted by Gasteiger charge is -2.33. The van der Waals surface area contributed by atoms with Crippen LogP contribution in [0.3, 0.4) is 0 Å². The molecule has 1 aliphatic rings. The minimum absolute atomic E-state index is 0.919. The van der Waals surface area contributed by atoms with Gasteiger partial charge in [0, 0.05) is 0 Å². The van der Waals surface area contributed by atoms with Gasteiger partial charge in [0.05, 0.1) is 0 Å². The predicted octanol–water partition coefficient (Wildman–Crippen LogP) is 3.08. The van der Waals surface area contributed by atoms with Crippen LogP contribution in [0.5, 0.6) is 0 Å². The molecule has 0 amide bonds. The van der Waals surface area contributed by atoms with Crippen molar-refractivity contribution in [3.05, 3.63) is 0 Å². The Morgan fingerprint density at radius 2 is 1.89 bits per heavy atom. The predicted molar refractivity (Wildman–Crippen MR) is 41.3 cm³/mol. The maximum atomic E-state index is 2.36. The molecule has 0 aromatic heterocycles. The Bertz CT molecular complexity index is 78.0. The molecule has 0 atom stereocenters. The fraction of sp³-hybridized carbons (Fsp3) is 1.00. The van der Waals surface area contributed by atoms with E-state index in [4.69, 9.17) is 0 Å². The third-order valence-electron chi connectivity index (χ3n) is 2.28. The summed E-state index contributed by atoms with van der Waals surface area (Å²) in [6.07, 6.45) is 4.46. The molecule has 54 valence electrons. The lowest BCUT2D eigenvalue weighted by Crippen LogP contribution is -2.22. The van der Waals surface area contributed by atoms with Crippen LogP contribution in [-0.4, -0.2) is 0 Å². The molecular weight excluding hydrogens is 108 g/mol. The fourth-order valence-electron chi connectivity index (χ4n) is 1.93. The Balaban J connectivity index is 2.04. The molecule has 9 heavy (non-hydrogen) atoms. The van der Waals surface area contributed by atoms with Crippen molar-refractivity contribution in [2.75, 3.05) is 0 Å². The molecule has 0 unspecified atom stereocenters. The number of hydrogen-bond acceptors (Lipinski definition) is 0. The minimum Gasteiger partial charge on any atom is -0.0628 e. The summed E-state index contributed by atoms with van der Waals surface area (Å²) in [5.74, 6) is 3.04. The Morgan fingerprint density at radius 1 is 1.33 bits per heavy atom. The second kappa shape index (κ2) is 2.72. The average molecular weight is 126 g/mol. The maximum absolute atomic E-state index is 2.36. The molecule has 0 heteroatoms. The molecule has 0 aromatic rings. The molecule has 1 rings (SSSR count). The zero-order chi connectivity index (χ0) is 6.85. The molecule has 0 bridgehead atoms. The van der Waals surface area contributed by atoms with Gasteiger partial charge in [-0.15, -0.1) is 0 Å². The van der Waals surface area contributed by atoms with Gasteiger partial charge in [0.1, 0.15) is 0 Å². The van der Waals surface area contributed by atoms with Crippen molar-refractivity contribution in [1.82, 2.24) is 0 Å². The summed E-state index contributed by atoms with van der Waals surface area (Å²) in [4.78, 5) is 0. The SMILES string of the molecule is CC(C)CC1CC(C)C1. The highest BCUT2D eigenvalue weighted by Gasteiger charge is 2.25. The maximum Gasteiger partial charge on any atom is -0.0407 e. The van der Waals surface area contributed by atoms with Crippen LogP contribution >= 0.6 is 0 Å². The van der Waals surface area contributed by atoms with E-state index in [1.807, 2.05) is 0 Å². The van der Waals surface area contributed by atoms with Gasteiger partial charge in [-0.25, -0.2) is 0 Å². The Kier molecular flexibility index (Phi) is 2.15. The highest BCUT2D eigenvalue weighted by Crippen LogP contribution is 2.37. The lowest BCUT2D eigenvalue weighted by molar-refractivity contribution is 0.181. The molecule has 0 aliphatic heterocycles. The van der Waals surface area contributed by atoms with Crippen molar-refractivity contribution in [3.63, 3.8) is 0 Å². The van der Waals surface area contributed by atoms with E-state index in [1.165, 1.54) is 19.3 Å². The summed E-state index contributed by atoms with van der Waals surface area (Å²) in [6.45, 7) is 7.00. The summed E-state index contributed by atoms with van der Waals surface area (Å²) in [5, 5.41) is 0. The van der Waals surface area contributed by atoms with Crippen molar-refractivity contribution in [1.29, 1.82) is 0 Å². The fourth-order valence-corrected chi connectivity index (χ4v) is 1.93. The summed E-state index contributed by atoms with van der Waals surface area (Å²) in [5.41, 5.74) is 0. The lowest BCUT2D eigenvalue weighted by atomic mass is 9.72. The third-order valence-corrected chi connectivity index (χ3v) is 2.28. The van der Waals surface area contributed by atoms with Crippen LogP contribution in [0.4, 0.5) is 0 Å². The molecule has 0 spiro atoms. The van der Waals surface area contributed by atoms with Crippen molar-refractivity contribution in [3.8, 4) is 0 Å². The molecule has 1 aliphatic carbocycles. The van der Waals surface area contributed by atoms with Gasteiger partial charge >= 0.3 is 0 Å². The molecule has 0 aromatic carbocycles. The topological polar surface area (TPSA) is 0 Å². The zero-order valence-electron chi connectivity index (χ0n) is 6.85. The standard InChI is InChI=1S/C9H18/c1-7(2)4-9-5-8(3)6-9/h7-9H,4-6H2,1-3H3. The van der Waals surface area contributed by atoms with Gasteiger partial charge < -0.3 is 0 Å². The minimum atomic E-state index is 0.919. The van der Waals surface area contributed by atoms with Crippen molar-refractivity contribution in [2.45, 2.75) is 40.0 Å². The highest BCUT2D eigenvalue weighted by atomic mass is 14.3. The molecular formula is C9H18. The smallest absolute Gasteiger partial charge is 0.0407 e.